The molecule has 0 spiro atoms. The molecule has 1 N–H and O–H groups in total. The minimum Gasteiger partial charge on any atom is -0.355 e. The van der Waals surface area contributed by atoms with Gasteiger partial charge < -0.3 is 5.32 Å². The fourth-order valence-corrected chi connectivity index (χ4v) is 2.13. The summed E-state index contributed by atoms with van der Waals surface area (Å²) in [6, 6.07) is 0. The second kappa shape index (κ2) is 6.68. The third-order valence-corrected chi connectivity index (χ3v) is 4.27. The van der Waals surface area contributed by atoms with Gasteiger partial charge in [0.05, 0.1) is 5.75 Å². The SMILES string of the molecule is C=CCS(=O)(=O)C(C)C(=O)NCCC(C)C. The summed E-state index contributed by atoms with van der Waals surface area (Å²) in [7, 11) is -3.39. The first-order valence-electron chi connectivity index (χ1n) is 5.41. The lowest BCUT2D eigenvalue weighted by Gasteiger charge is -2.12. The first-order chi connectivity index (χ1) is 7.31. The lowest BCUT2D eigenvalue weighted by molar-refractivity contribution is -0.120. The summed E-state index contributed by atoms with van der Waals surface area (Å²) in [6.45, 7) is 9.38. The zero-order valence-electron chi connectivity index (χ0n) is 10.2. The van der Waals surface area contributed by atoms with Crippen LogP contribution in [0.15, 0.2) is 12.7 Å². The predicted molar refractivity (Wildman–Crippen MR) is 65.9 cm³/mol. The third-order valence-electron chi connectivity index (χ3n) is 2.28. The molecule has 0 aliphatic rings. The van der Waals surface area contributed by atoms with Crippen molar-refractivity contribution in [3.8, 4) is 0 Å². The van der Waals surface area contributed by atoms with Crippen LogP contribution in [0.2, 0.25) is 0 Å². The van der Waals surface area contributed by atoms with Gasteiger partial charge in [-0.05, 0) is 19.3 Å². The van der Waals surface area contributed by atoms with Gasteiger partial charge in [-0.1, -0.05) is 19.9 Å². The second-order valence-corrected chi connectivity index (χ2v) is 6.60. The molecular weight excluding hydrogens is 226 g/mol. The van der Waals surface area contributed by atoms with Gasteiger partial charge in [0.1, 0.15) is 5.25 Å². The van der Waals surface area contributed by atoms with Gasteiger partial charge in [-0.25, -0.2) is 8.42 Å². The molecule has 0 bridgehead atoms. The number of sulfone groups is 1. The van der Waals surface area contributed by atoms with E-state index in [4.69, 9.17) is 0 Å². The van der Waals surface area contributed by atoms with E-state index in [0.29, 0.717) is 12.5 Å². The smallest absolute Gasteiger partial charge is 0.238 e. The molecule has 94 valence electrons. The maximum Gasteiger partial charge on any atom is 0.238 e. The van der Waals surface area contributed by atoms with Crippen LogP contribution in [-0.2, 0) is 14.6 Å². The van der Waals surface area contributed by atoms with Crippen LogP contribution in [0.1, 0.15) is 27.2 Å². The van der Waals surface area contributed by atoms with Crippen molar-refractivity contribution in [1.29, 1.82) is 0 Å². The molecule has 0 heterocycles. The minimum absolute atomic E-state index is 0.161. The number of amides is 1. The van der Waals surface area contributed by atoms with Crippen LogP contribution >= 0.6 is 0 Å². The molecule has 0 aliphatic carbocycles. The van der Waals surface area contributed by atoms with Crippen molar-refractivity contribution in [1.82, 2.24) is 5.32 Å². The largest absolute Gasteiger partial charge is 0.355 e. The van der Waals surface area contributed by atoms with E-state index in [1.54, 1.807) is 0 Å². The van der Waals surface area contributed by atoms with Crippen LogP contribution in [-0.4, -0.2) is 31.9 Å². The van der Waals surface area contributed by atoms with Crippen LogP contribution in [0.25, 0.3) is 0 Å². The molecule has 0 rings (SSSR count). The van der Waals surface area contributed by atoms with Crippen molar-refractivity contribution >= 4 is 15.7 Å². The van der Waals surface area contributed by atoms with Crippen molar-refractivity contribution in [2.24, 2.45) is 5.92 Å². The molecule has 1 unspecified atom stereocenters. The first kappa shape index (κ1) is 15.2. The van der Waals surface area contributed by atoms with Gasteiger partial charge in [0.2, 0.25) is 5.91 Å². The van der Waals surface area contributed by atoms with E-state index in [1.807, 2.05) is 13.8 Å². The van der Waals surface area contributed by atoms with Crippen molar-refractivity contribution < 1.29 is 13.2 Å². The molecule has 0 aliphatic heterocycles. The third kappa shape index (κ3) is 5.30. The van der Waals surface area contributed by atoms with Crippen molar-refractivity contribution in [2.75, 3.05) is 12.3 Å². The second-order valence-electron chi connectivity index (χ2n) is 4.23. The Bertz CT molecular complexity index is 333. The highest BCUT2D eigenvalue weighted by molar-refractivity contribution is 7.92. The van der Waals surface area contributed by atoms with Crippen LogP contribution in [0.3, 0.4) is 0 Å². The summed E-state index contributed by atoms with van der Waals surface area (Å²) in [5.41, 5.74) is 0. The van der Waals surface area contributed by atoms with E-state index in [0.717, 1.165) is 6.42 Å². The highest BCUT2D eigenvalue weighted by Gasteiger charge is 2.26. The van der Waals surface area contributed by atoms with Crippen molar-refractivity contribution in [2.45, 2.75) is 32.4 Å². The molecule has 0 aromatic carbocycles. The Morgan fingerprint density at radius 2 is 1.94 bits per heavy atom. The Kier molecular flexibility index (Phi) is 6.33. The summed E-state index contributed by atoms with van der Waals surface area (Å²) in [5.74, 6) is -0.103. The van der Waals surface area contributed by atoms with Crippen LogP contribution < -0.4 is 5.32 Å². The maximum atomic E-state index is 11.5. The summed E-state index contributed by atoms with van der Waals surface area (Å²) in [6.07, 6.45) is 2.15. The highest BCUT2D eigenvalue weighted by atomic mass is 32.2. The van der Waals surface area contributed by atoms with Gasteiger partial charge in [-0.15, -0.1) is 6.58 Å². The van der Waals surface area contributed by atoms with Crippen LogP contribution in [0, 0.1) is 5.92 Å². The van der Waals surface area contributed by atoms with Gasteiger partial charge >= 0.3 is 0 Å². The van der Waals surface area contributed by atoms with Crippen molar-refractivity contribution in [3.05, 3.63) is 12.7 Å². The van der Waals surface area contributed by atoms with E-state index in [2.05, 4.69) is 11.9 Å². The average Bonchev–Trinajstić information content (AvgIpc) is 2.15. The Labute approximate surface area is 98.0 Å². The molecular formula is C11H21NO3S. The highest BCUT2D eigenvalue weighted by Crippen LogP contribution is 2.03. The summed E-state index contributed by atoms with van der Waals surface area (Å²) < 4.78 is 23.1. The molecule has 0 fully saturated rings. The molecule has 0 aromatic heterocycles. The number of nitrogens with one attached hydrogen (secondary N) is 1. The lowest BCUT2D eigenvalue weighted by Crippen LogP contribution is -2.39. The van der Waals surface area contributed by atoms with E-state index in [1.165, 1.54) is 13.0 Å². The molecule has 16 heavy (non-hydrogen) atoms. The van der Waals surface area contributed by atoms with Crippen LogP contribution in [0.5, 0.6) is 0 Å². The van der Waals surface area contributed by atoms with Gasteiger partial charge in [-0.2, -0.15) is 0 Å². The predicted octanol–water partition coefficient (Wildman–Crippen LogP) is 1.14. The Balaban J connectivity index is 4.23. The molecule has 1 amide bonds. The van der Waals surface area contributed by atoms with E-state index in [9.17, 15) is 13.2 Å². The van der Waals surface area contributed by atoms with Crippen LogP contribution in [0.4, 0.5) is 0 Å². The lowest BCUT2D eigenvalue weighted by atomic mass is 10.1. The quantitative estimate of drug-likeness (QED) is 0.686. The molecule has 0 radical (unpaired) electrons. The first-order valence-corrected chi connectivity index (χ1v) is 7.13. The number of carbonyl (C=O) groups is 1. The van der Waals surface area contributed by atoms with Gasteiger partial charge in [0.25, 0.3) is 0 Å². The molecule has 0 saturated heterocycles. The number of hydrogen-bond acceptors (Lipinski definition) is 3. The average molecular weight is 247 g/mol. The van der Waals surface area contributed by atoms with Gasteiger partial charge in [0, 0.05) is 6.54 Å². The number of hydrogen-bond donors (Lipinski definition) is 1. The van der Waals surface area contributed by atoms with E-state index < -0.39 is 21.0 Å². The normalized spacial score (nSPS) is 13.5. The van der Waals surface area contributed by atoms with Gasteiger partial charge in [-0.3, -0.25) is 4.79 Å². The number of rotatable bonds is 7. The number of carbonyl (C=O) groups excluding carboxylic acids is 1. The molecule has 5 heteroatoms. The van der Waals surface area contributed by atoms with E-state index >= 15 is 0 Å². The topological polar surface area (TPSA) is 63.2 Å². The summed E-state index contributed by atoms with van der Waals surface area (Å²) in [5, 5.41) is 1.62. The fraction of sp³-hybridized carbons (Fsp3) is 0.727. The molecule has 1 atom stereocenters. The maximum absolute atomic E-state index is 11.5. The van der Waals surface area contributed by atoms with Crippen molar-refractivity contribution in [3.63, 3.8) is 0 Å². The monoisotopic (exact) mass is 247 g/mol. The zero-order chi connectivity index (χ0) is 12.8. The summed E-state index contributed by atoms with van der Waals surface area (Å²) >= 11 is 0. The fourth-order valence-electron chi connectivity index (χ4n) is 1.10. The summed E-state index contributed by atoms with van der Waals surface area (Å²) in [4.78, 5) is 11.5. The molecule has 4 nitrogen and oxygen atoms in total. The van der Waals surface area contributed by atoms with Gasteiger partial charge in [0.15, 0.2) is 9.84 Å². The Morgan fingerprint density at radius 3 is 2.38 bits per heavy atom. The molecule has 0 saturated carbocycles. The minimum atomic E-state index is -3.39. The Morgan fingerprint density at radius 1 is 1.38 bits per heavy atom. The standard InChI is InChI=1S/C11H21NO3S/c1-5-8-16(14,15)10(4)11(13)12-7-6-9(2)3/h5,9-10H,1,6-8H2,2-4H3,(H,12,13). The Hall–Kier alpha value is -0.840. The zero-order valence-corrected chi connectivity index (χ0v) is 11.0. The van der Waals surface area contributed by atoms with E-state index in [-0.39, 0.29) is 5.75 Å². The molecule has 0 aromatic rings.